The molecule has 64 heavy (non-hydrogen) atoms. The third-order valence-electron chi connectivity index (χ3n) is 14.6. The molecule has 2 nitrogen and oxygen atoms in total. The topological polar surface area (TPSA) is 8.17 Å². The smallest absolute Gasteiger partial charge is 0.0541 e. The van der Waals surface area contributed by atoms with Crippen LogP contribution >= 0.6 is 11.3 Å². The summed E-state index contributed by atoms with van der Waals surface area (Å²) in [6, 6.07) is 65.5. The first-order chi connectivity index (χ1) is 31.2. The molecule has 3 heteroatoms. The molecule has 10 aromatic rings. The molecule has 0 fully saturated rings. The maximum Gasteiger partial charge on any atom is 0.0541 e. The molecule has 2 heterocycles. The Hall–Kier alpha value is -6.68. The van der Waals surface area contributed by atoms with E-state index in [0.29, 0.717) is 5.92 Å². The van der Waals surface area contributed by atoms with E-state index < -0.39 is 0 Å². The lowest BCUT2D eigenvalue weighted by atomic mass is 9.81. The van der Waals surface area contributed by atoms with E-state index in [1.54, 1.807) is 0 Å². The summed E-state index contributed by atoms with van der Waals surface area (Å²) in [5, 5.41) is 5.16. The van der Waals surface area contributed by atoms with Gasteiger partial charge in [-0.2, -0.15) is 0 Å². The monoisotopic (exact) mass is 846 g/mol. The molecule has 0 saturated heterocycles. The molecule has 0 spiro atoms. The van der Waals surface area contributed by atoms with Gasteiger partial charge in [-0.15, -0.1) is 11.3 Å². The lowest BCUT2D eigenvalue weighted by Gasteiger charge is -2.28. The number of hydrogen-bond acceptors (Lipinski definition) is 2. The minimum absolute atomic E-state index is 0.191. The van der Waals surface area contributed by atoms with E-state index in [4.69, 9.17) is 0 Å². The Morgan fingerprint density at radius 2 is 1.27 bits per heavy atom. The summed E-state index contributed by atoms with van der Waals surface area (Å²) in [5.41, 5.74) is 17.3. The molecule has 1 aliphatic rings. The molecular formula is C61H54N2S. The maximum atomic E-state index is 4.54. The van der Waals surface area contributed by atoms with Crippen LogP contribution in [-0.4, -0.2) is 4.57 Å². The van der Waals surface area contributed by atoms with Crippen molar-refractivity contribution in [3.63, 3.8) is 0 Å². The minimum atomic E-state index is -0.191. The molecule has 0 amide bonds. The molecule has 0 N–H and O–H groups in total. The third kappa shape index (κ3) is 6.60. The number of thiophene rings is 1. The number of benzene rings is 8. The minimum Gasteiger partial charge on any atom is -0.310 e. The van der Waals surface area contributed by atoms with Crippen LogP contribution in [-0.2, 0) is 5.41 Å². The first-order valence-corrected chi connectivity index (χ1v) is 23.9. The predicted molar refractivity (Wildman–Crippen MR) is 278 cm³/mol. The fourth-order valence-corrected chi connectivity index (χ4v) is 11.7. The van der Waals surface area contributed by atoms with Gasteiger partial charge in [0.05, 0.1) is 11.0 Å². The van der Waals surface area contributed by atoms with Crippen LogP contribution in [0.1, 0.15) is 70.6 Å². The normalized spacial score (nSPS) is 14.0. The predicted octanol–water partition coefficient (Wildman–Crippen LogP) is 18.1. The van der Waals surface area contributed by atoms with E-state index >= 15 is 0 Å². The third-order valence-corrected chi connectivity index (χ3v) is 15.7. The summed E-state index contributed by atoms with van der Waals surface area (Å²) in [6.07, 6.45) is 3.45. The average molecular weight is 847 g/mol. The van der Waals surface area contributed by atoms with Crippen molar-refractivity contribution in [2.45, 2.75) is 59.3 Å². The Kier molecular flexibility index (Phi) is 9.93. The number of allylic oxidation sites excluding steroid dienone is 1. The Bertz CT molecular complexity index is 3350. The first-order valence-electron chi connectivity index (χ1n) is 23.1. The average Bonchev–Trinajstić information content (AvgIpc) is 3.95. The maximum absolute atomic E-state index is 4.54. The standard InChI is InChI=1S/C61H54N2S/c1-7-39(2)40(3)24-25-41(4)43-28-33-51-53-37-46(32-35-58(53)64-59(51)36-43)62(44-16-9-8-10-17-44)47-31-34-52-55(38-47)61(5,6)54-21-15-20-48(60(52)54)42-26-29-45(30-27-42)63-56-22-13-11-18-49(56)50-19-12-14-23-57(50)63/h8-23,26-40H,4,7,24-25H2,1-3,5-6H3/t39-,40?/m0/s1. The van der Waals surface area contributed by atoms with Gasteiger partial charge in [0, 0.05) is 59.1 Å². The van der Waals surface area contributed by atoms with Gasteiger partial charge in [0.15, 0.2) is 0 Å². The molecule has 0 radical (unpaired) electrons. The molecule has 0 bridgehead atoms. The van der Waals surface area contributed by atoms with Gasteiger partial charge in [0.2, 0.25) is 0 Å². The van der Waals surface area contributed by atoms with E-state index in [1.807, 2.05) is 11.3 Å². The van der Waals surface area contributed by atoms with Crippen molar-refractivity contribution in [2.24, 2.45) is 11.8 Å². The van der Waals surface area contributed by atoms with Gasteiger partial charge in [-0.25, -0.2) is 0 Å². The van der Waals surface area contributed by atoms with Gasteiger partial charge in [0.25, 0.3) is 0 Å². The van der Waals surface area contributed by atoms with Crippen molar-refractivity contribution in [3.8, 4) is 27.9 Å². The molecule has 1 unspecified atom stereocenters. The number of aromatic nitrogens is 1. The highest BCUT2D eigenvalue weighted by molar-refractivity contribution is 7.25. The Balaban J connectivity index is 0.955. The Labute approximate surface area is 381 Å². The summed E-state index contributed by atoms with van der Waals surface area (Å²) in [7, 11) is 0. The van der Waals surface area contributed by atoms with Crippen LogP contribution < -0.4 is 4.90 Å². The molecule has 8 aromatic carbocycles. The molecule has 2 aromatic heterocycles. The summed E-state index contributed by atoms with van der Waals surface area (Å²) >= 11 is 1.89. The lowest BCUT2D eigenvalue weighted by Crippen LogP contribution is -2.16. The second kappa shape index (κ2) is 15.8. The number of rotatable bonds is 11. The van der Waals surface area contributed by atoms with Gasteiger partial charge in [-0.05, 0) is 142 Å². The van der Waals surface area contributed by atoms with E-state index in [1.165, 1.54) is 105 Å². The van der Waals surface area contributed by atoms with Crippen molar-refractivity contribution in [1.82, 2.24) is 4.57 Å². The van der Waals surface area contributed by atoms with Gasteiger partial charge >= 0.3 is 0 Å². The van der Waals surface area contributed by atoms with Gasteiger partial charge in [0.1, 0.15) is 0 Å². The van der Waals surface area contributed by atoms with E-state index in [-0.39, 0.29) is 5.41 Å². The number of anilines is 3. The number of hydrogen-bond donors (Lipinski definition) is 0. The van der Waals surface area contributed by atoms with Gasteiger partial charge in [-0.3, -0.25) is 0 Å². The van der Waals surface area contributed by atoms with Crippen LogP contribution in [0, 0.1) is 11.8 Å². The summed E-state index contributed by atoms with van der Waals surface area (Å²) in [4.78, 5) is 2.44. The van der Waals surface area contributed by atoms with Crippen molar-refractivity contribution in [3.05, 3.63) is 199 Å². The summed E-state index contributed by atoms with van der Waals surface area (Å²) < 4.78 is 5.02. The van der Waals surface area contributed by atoms with Crippen LogP contribution in [0.25, 0.3) is 75.5 Å². The zero-order valence-electron chi connectivity index (χ0n) is 37.5. The van der Waals surface area contributed by atoms with Crippen molar-refractivity contribution >= 4 is 76.0 Å². The van der Waals surface area contributed by atoms with Crippen LogP contribution in [0.15, 0.2) is 183 Å². The molecular weight excluding hydrogens is 793 g/mol. The highest BCUT2D eigenvalue weighted by atomic mass is 32.1. The van der Waals surface area contributed by atoms with Crippen molar-refractivity contribution < 1.29 is 0 Å². The molecule has 2 atom stereocenters. The largest absolute Gasteiger partial charge is 0.310 e. The van der Waals surface area contributed by atoms with E-state index in [0.717, 1.165) is 29.4 Å². The van der Waals surface area contributed by atoms with Crippen LogP contribution in [0.3, 0.4) is 0 Å². The lowest BCUT2D eigenvalue weighted by molar-refractivity contribution is 0.359. The molecule has 314 valence electrons. The zero-order chi connectivity index (χ0) is 43.7. The molecule has 0 saturated carbocycles. The molecule has 11 rings (SSSR count). The van der Waals surface area contributed by atoms with Gasteiger partial charge < -0.3 is 9.47 Å². The van der Waals surface area contributed by atoms with Crippen LogP contribution in [0.2, 0.25) is 0 Å². The van der Waals surface area contributed by atoms with Crippen molar-refractivity contribution in [2.75, 3.05) is 4.90 Å². The van der Waals surface area contributed by atoms with Crippen LogP contribution in [0.4, 0.5) is 17.1 Å². The SMILES string of the molecule is C=C(CCC(C)[C@@H](C)CC)c1ccc2c(c1)sc1ccc(N(c3ccccc3)c3ccc4c(c3)C(C)(C)c3cccc(-c5ccc(-n6c7ccccc7c7ccccc76)cc5)c3-4)cc12. The quantitative estimate of drug-likeness (QED) is 0.126. The number of para-hydroxylation sites is 3. The van der Waals surface area contributed by atoms with Crippen LogP contribution in [0.5, 0.6) is 0 Å². The second-order valence-corrected chi connectivity index (χ2v) is 19.8. The van der Waals surface area contributed by atoms with Gasteiger partial charge in [-0.1, -0.05) is 151 Å². The molecule has 0 aliphatic heterocycles. The first kappa shape index (κ1) is 40.1. The van der Waals surface area contributed by atoms with E-state index in [9.17, 15) is 0 Å². The highest BCUT2D eigenvalue weighted by Gasteiger charge is 2.37. The molecule has 1 aliphatic carbocycles. The highest BCUT2D eigenvalue weighted by Crippen LogP contribution is 2.54. The second-order valence-electron chi connectivity index (χ2n) is 18.7. The Morgan fingerprint density at radius 1 is 0.578 bits per heavy atom. The van der Waals surface area contributed by atoms with Crippen molar-refractivity contribution in [1.29, 1.82) is 0 Å². The fraction of sp³-hybridized carbons (Fsp3) is 0.180. The zero-order valence-corrected chi connectivity index (χ0v) is 38.3. The summed E-state index contributed by atoms with van der Waals surface area (Å²) in [5.74, 6) is 1.44. The number of fused-ring (bicyclic) bond motifs is 9. The van der Waals surface area contributed by atoms with E-state index in [2.05, 4.69) is 227 Å². The number of nitrogens with zero attached hydrogens (tertiary/aromatic N) is 2. The summed E-state index contributed by atoms with van der Waals surface area (Å²) in [6.45, 7) is 16.4. The fourth-order valence-electron chi connectivity index (χ4n) is 10.5. The Morgan fingerprint density at radius 3 is 2.00 bits per heavy atom.